The van der Waals surface area contributed by atoms with Crippen molar-refractivity contribution in [3.05, 3.63) is 71.5 Å². The zero-order valence-corrected chi connectivity index (χ0v) is 13.9. The number of carbonyl (C=O) groups excluding carboxylic acids is 1. The van der Waals surface area contributed by atoms with Crippen molar-refractivity contribution in [1.29, 1.82) is 0 Å². The summed E-state index contributed by atoms with van der Waals surface area (Å²) in [7, 11) is 0. The van der Waals surface area contributed by atoms with Crippen LogP contribution in [0.4, 0.5) is 4.79 Å². The number of carbonyl (C=O) groups is 1. The summed E-state index contributed by atoms with van der Waals surface area (Å²) in [6.07, 6.45) is 3.37. The highest BCUT2D eigenvalue weighted by Crippen LogP contribution is 2.44. The van der Waals surface area contributed by atoms with Crippen molar-refractivity contribution in [3.8, 4) is 11.1 Å². The summed E-state index contributed by atoms with van der Waals surface area (Å²) in [4.78, 5) is 12.2. The number of fused-ring (bicyclic) bond motifs is 3. The van der Waals surface area contributed by atoms with Crippen LogP contribution in [0.25, 0.3) is 11.1 Å². The van der Waals surface area contributed by atoms with Gasteiger partial charge in [-0.15, -0.1) is 0 Å². The smallest absolute Gasteiger partial charge is 0.407 e. The molecule has 2 aliphatic carbocycles. The number of allylic oxidation sites excluding steroid dienone is 1. The number of rotatable bonds is 3. The number of alkyl carbamates (subject to hydrolysis) is 1. The zero-order valence-electron chi connectivity index (χ0n) is 13.9. The number of aliphatic hydroxyl groups is 1. The highest BCUT2D eigenvalue weighted by molar-refractivity contribution is 5.79. The zero-order chi connectivity index (χ0) is 17.2. The van der Waals surface area contributed by atoms with E-state index >= 15 is 0 Å². The van der Waals surface area contributed by atoms with Crippen LogP contribution in [0.5, 0.6) is 0 Å². The molecule has 0 aromatic heterocycles. The number of amides is 1. The number of hydrogen-bond acceptors (Lipinski definition) is 3. The Morgan fingerprint density at radius 1 is 1.08 bits per heavy atom. The fourth-order valence-corrected chi connectivity index (χ4v) is 3.76. The fourth-order valence-electron chi connectivity index (χ4n) is 3.76. The van der Waals surface area contributed by atoms with Crippen LogP contribution in [-0.2, 0) is 4.74 Å². The second kappa shape index (κ2) is 6.63. The van der Waals surface area contributed by atoms with Crippen LogP contribution in [0.2, 0.25) is 0 Å². The summed E-state index contributed by atoms with van der Waals surface area (Å²) in [5.74, 6) is 0.485. The highest BCUT2D eigenvalue weighted by atomic mass is 16.5. The predicted octanol–water partition coefficient (Wildman–Crippen LogP) is 4.52. The van der Waals surface area contributed by atoms with Gasteiger partial charge in [0.15, 0.2) is 0 Å². The molecular formula is C21H21NO3. The maximum Gasteiger partial charge on any atom is 0.407 e. The Morgan fingerprint density at radius 3 is 2.32 bits per heavy atom. The topological polar surface area (TPSA) is 58.6 Å². The maximum absolute atomic E-state index is 12.2. The molecule has 128 valence electrons. The van der Waals surface area contributed by atoms with E-state index in [1.807, 2.05) is 24.3 Å². The van der Waals surface area contributed by atoms with E-state index in [1.165, 1.54) is 22.3 Å². The number of ether oxygens (including phenoxy) is 1. The fraction of sp³-hybridized carbons (Fsp3) is 0.286. The van der Waals surface area contributed by atoms with Gasteiger partial charge in [0.2, 0.25) is 0 Å². The third kappa shape index (κ3) is 3.12. The molecule has 0 spiro atoms. The first kappa shape index (κ1) is 15.8. The van der Waals surface area contributed by atoms with E-state index in [2.05, 4.69) is 29.6 Å². The number of benzene rings is 2. The second-order valence-corrected chi connectivity index (χ2v) is 6.64. The lowest BCUT2D eigenvalue weighted by Crippen LogP contribution is -2.36. The summed E-state index contributed by atoms with van der Waals surface area (Å²) in [6, 6.07) is 16.6. The van der Waals surface area contributed by atoms with Gasteiger partial charge in [0.25, 0.3) is 0 Å². The van der Waals surface area contributed by atoms with Crippen molar-refractivity contribution in [1.82, 2.24) is 5.32 Å². The minimum atomic E-state index is -0.387. The third-order valence-electron chi connectivity index (χ3n) is 5.05. The molecule has 4 rings (SSSR count). The minimum absolute atomic E-state index is 0.0338. The molecule has 4 heteroatoms. The molecule has 0 saturated carbocycles. The minimum Gasteiger partial charge on any atom is -0.513 e. The quantitative estimate of drug-likeness (QED) is 0.867. The number of nitrogens with one attached hydrogen (secondary N) is 1. The van der Waals surface area contributed by atoms with E-state index in [1.54, 1.807) is 6.08 Å². The molecule has 4 nitrogen and oxygen atoms in total. The normalized spacial score (nSPS) is 18.9. The van der Waals surface area contributed by atoms with Gasteiger partial charge in [0, 0.05) is 18.4 Å². The van der Waals surface area contributed by atoms with E-state index in [-0.39, 0.29) is 18.1 Å². The largest absolute Gasteiger partial charge is 0.513 e. The first-order valence-corrected chi connectivity index (χ1v) is 8.72. The molecule has 1 amide bonds. The summed E-state index contributed by atoms with van der Waals surface area (Å²) in [6.45, 7) is 0.327. The molecule has 2 N–H and O–H groups in total. The van der Waals surface area contributed by atoms with Crippen molar-refractivity contribution in [2.75, 3.05) is 6.61 Å². The SMILES string of the molecule is O=C(NC1CC=C(O)CC1)OCC1c2ccccc2-c2ccccc21. The van der Waals surface area contributed by atoms with Gasteiger partial charge in [-0.3, -0.25) is 0 Å². The molecule has 25 heavy (non-hydrogen) atoms. The average molecular weight is 335 g/mol. The van der Waals surface area contributed by atoms with Crippen LogP contribution in [0, 0.1) is 0 Å². The molecule has 0 aliphatic heterocycles. The summed E-state index contributed by atoms with van der Waals surface area (Å²) < 4.78 is 5.54. The van der Waals surface area contributed by atoms with Crippen LogP contribution in [-0.4, -0.2) is 23.8 Å². The van der Waals surface area contributed by atoms with Crippen molar-refractivity contribution in [3.63, 3.8) is 0 Å². The van der Waals surface area contributed by atoms with Crippen molar-refractivity contribution in [2.45, 2.75) is 31.2 Å². The van der Waals surface area contributed by atoms with Gasteiger partial charge in [-0.25, -0.2) is 4.79 Å². The Bertz CT molecular complexity index is 782. The van der Waals surface area contributed by atoms with Crippen LogP contribution in [0.3, 0.4) is 0 Å². The maximum atomic E-state index is 12.2. The molecule has 2 aromatic carbocycles. The van der Waals surface area contributed by atoms with Gasteiger partial charge < -0.3 is 15.2 Å². The van der Waals surface area contributed by atoms with Crippen molar-refractivity contribution < 1.29 is 14.6 Å². The summed E-state index contributed by atoms with van der Waals surface area (Å²) in [5.41, 5.74) is 4.86. The van der Waals surface area contributed by atoms with Gasteiger partial charge in [0.05, 0.1) is 5.76 Å². The third-order valence-corrected chi connectivity index (χ3v) is 5.05. The molecule has 0 radical (unpaired) electrons. The van der Waals surface area contributed by atoms with E-state index in [0.717, 1.165) is 6.42 Å². The monoisotopic (exact) mass is 335 g/mol. The molecule has 0 saturated heterocycles. The lowest BCUT2D eigenvalue weighted by atomic mass is 9.98. The van der Waals surface area contributed by atoms with Crippen LogP contribution < -0.4 is 5.32 Å². The number of hydrogen-bond donors (Lipinski definition) is 2. The molecule has 0 bridgehead atoms. The Hall–Kier alpha value is -2.75. The lowest BCUT2D eigenvalue weighted by Gasteiger charge is -2.21. The Morgan fingerprint density at radius 2 is 1.72 bits per heavy atom. The first-order valence-electron chi connectivity index (χ1n) is 8.72. The lowest BCUT2D eigenvalue weighted by molar-refractivity contribution is 0.137. The van der Waals surface area contributed by atoms with Gasteiger partial charge in [0.1, 0.15) is 6.61 Å². The standard InChI is InChI=1S/C21H21NO3/c23-15-11-9-14(10-12-15)22-21(24)25-13-20-18-7-3-1-5-16(18)17-6-2-4-8-19(17)20/h1-8,11,14,20,23H,9-10,12-13H2,(H,22,24). The molecule has 0 fully saturated rings. The summed E-state index contributed by atoms with van der Waals surface area (Å²) >= 11 is 0. The Balaban J connectivity index is 1.44. The predicted molar refractivity (Wildman–Crippen MR) is 96.6 cm³/mol. The van der Waals surface area contributed by atoms with Gasteiger partial charge in [-0.2, -0.15) is 0 Å². The van der Waals surface area contributed by atoms with Crippen LogP contribution in [0.15, 0.2) is 60.4 Å². The molecule has 0 heterocycles. The van der Waals surface area contributed by atoms with Crippen LogP contribution in [0.1, 0.15) is 36.3 Å². The molecule has 1 unspecified atom stereocenters. The molecule has 1 atom stereocenters. The van der Waals surface area contributed by atoms with E-state index in [9.17, 15) is 9.90 Å². The molecular weight excluding hydrogens is 314 g/mol. The van der Waals surface area contributed by atoms with E-state index in [0.29, 0.717) is 25.2 Å². The van der Waals surface area contributed by atoms with E-state index < -0.39 is 0 Å². The van der Waals surface area contributed by atoms with Gasteiger partial charge >= 0.3 is 6.09 Å². The first-order chi connectivity index (χ1) is 12.2. The van der Waals surface area contributed by atoms with Crippen molar-refractivity contribution >= 4 is 6.09 Å². The second-order valence-electron chi connectivity index (χ2n) is 6.64. The highest BCUT2D eigenvalue weighted by Gasteiger charge is 2.29. The average Bonchev–Trinajstić information content (AvgIpc) is 2.96. The van der Waals surface area contributed by atoms with Crippen molar-refractivity contribution in [2.24, 2.45) is 0 Å². The molecule has 2 aliphatic rings. The Labute approximate surface area is 147 Å². The summed E-state index contributed by atoms with van der Waals surface area (Å²) in [5, 5.41) is 12.3. The van der Waals surface area contributed by atoms with E-state index in [4.69, 9.17) is 4.74 Å². The van der Waals surface area contributed by atoms with Gasteiger partial charge in [-0.1, -0.05) is 48.5 Å². The Kier molecular flexibility index (Phi) is 4.18. The number of aliphatic hydroxyl groups excluding tert-OH is 1. The van der Waals surface area contributed by atoms with Gasteiger partial charge in [-0.05, 0) is 41.2 Å². The molecule has 2 aromatic rings. The van der Waals surface area contributed by atoms with Crippen LogP contribution >= 0.6 is 0 Å².